The number of aromatic nitrogens is 2. The van der Waals surface area contributed by atoms with Crippen LogP contribution in [0.3, 0.4) is 0 Å². The standard InChI is InChI=1S/C15H14F5N3O2S/c16-10-3-4-12(17)13(8-10)26(24,25)22-7-1-2-11(9-22)23-14(5-6-21-23)15(18,19)20/h3-6,8,11H,1-2,7,9H2. The summed E-state index contributed by atoms with van der Waals surface area (Å²) in [7, 11) is -4.39. The van der Waals surface area contributed by atoms with Crippen molar-refractivity contribution in [1.82, 2.24) is 14.1 Å². The average Bonchev–Trinajstić information content (AvgIpc) is 3.07. The molecular weight excluding hydrogens is 381 g/mol. The van der Waals surface area contributed by atoms with Crippen molar-refractivity contribution < 1.29 is 30.4 Å². The molecular formula is C15H14F5N3O2S. The SMILES string of the molecule is O=S(=O)(c1cc(F)ccc1F)N1CCCC(n2nccc2C(F)(F)F)C1. The first kappa shape index (κ1) is 18.8. The Balaban J connectivity index is 1.92. The van der Waals surface area contributed by atoms with E-state index in [1.54, 1.807) is 0 Å². The van der Waals surface area contributed by atoms with E-state index in [-0.39, 0.29) is 25.9 Å². The van der Waals surface area contributed by atoms with Crippen LogP contribution >= 0.6 is 0 Å². The molecule has 0 aliphatic carbocycles. The van der Waals surface area contributed by atoms with Crippen molar-refractivity contribution in [3.05, 3.63) is 47.8 Å². The fraction of sp³-hybridized carbons (Fsp3) is 0.400. The Morgan fingerprint density at radius 1 is 1.15 bits per heavy atom. The summed E-state index contributed by atoms with van der Waals surface area (Å²) in [5.74, 6) is -2.05. The second kappa shape index (κ2) is 6.62. The van der Waals surface area contributed by atoms with Crippen molar-refractivity contribution in [2.75, 3.05) is 13.1 Å². The van der Waals surface area contributed by atoms with Gasteiger partial charge in [-0.2, -0.15) is 22.6 Å². The summed E-state index contributed by atoms with van der Waals surface area (Å²) in [5.41, 5.74) is -0.987. The summed E-state index contributed by atoms with van der Waals surface area (Å²) in [6, 6.07) is 1.98. The highest BCUT2D eigenvalue weighted by atomic mass is 32.2. The Bertz CT molecular complexity index is 910. The number of sulfonamides is 1. The zero-order valence-corrected chi connectivity index (χ0v) is 14.1. The van der Waals surface area contributed by atoms with Crippen molar-refractivity contribution in [1.29, 1.82) is 0 Å². The number of rotatable bonds is 3. The molecule has 11 heteroatoms. The minimum Gasteiger partial charge on any atom is -0.256 e. The third-order valence-corrected chi connectivity index (χ3v) is 6.06. The van der Waals surface area contributed by atoms with Crippen LogP contribution in [0.25, 0.3) is 0 Å². The van der Waals surface area contributed by atoms with Gasteiger partial charge in [-0.3, -0.25) is 4.68 Å². The van der Waals surface area contributed by atoms with Gasteiger partial charge in [-0.1, -0.05) is 0 Å². The predicted molar refractivity (Wildman–Crippen MR) is 80.6 cm³/mol. The Hall–Kier alpha value is -2.01. The fourth-order valence-corrected chi connectivity index (χ4v) is 4.57. The van der Waals surface area contributed by atoms with Gasteiger partial charge in [0.25, 0.3) is 0 Å². The van der Waals surface area contributed by atoms with E-state index in [0.717, 1.165) is 27.3 Å². The molecule has 1 fully saturated rings. The molecule has 0 radical (unpaired) electrons. The number of halogens is 5. The van der Waals surface area contributed by atoms with Crippen LogP contribution in [0.15, 0.2) is 35.4 Å². The zero-order valence-electron chi connectivity index (χ0n) is 13.2. The van der Waals surface area contributed by atoms with E-state index < -0.39 is 44.5 Å². The number of hydrogen-bond acceptors (Lipinski definition) is 3. The second-order valence-corrected chi connectivity index (χ2v) is 7.80. The Morgan fingerprint density at radius 2 is 1.88 bits per heavy atom. The molecule has 0 spiro atoms. The molecule has 0 saturated carbocycles. The normalized spacial score (nSPS) is 19.7. The summed E-state index contributed by atoms with van der Waals surface area (Å²) in [5, 5.41) is 3.67. The summed E-state index contributed by atoms with van der Waals surface area (Å²) >= 11 is 0. The molecule has 0 amide bonds. The number of benzene rings is 1. The highest BCUT2D eigenvalue weighted by molar-refractivity contribution is 7.89. The molecule has 1 aliphatic heterocycles. The molecule has 1 unspecified atom stereocenters. The zero-order chi connectivity index (χ0) is 19.1. The molecule has 1 aromatic carbocycles. The van der Waals surface area contributed by atoms with E-state index in [9.17, 15) is 30.4 Å². The molecule has 1 saturated heterocycles. The summed E-state index contributed by atoms with van der Waals surface area (Å²) in [4.78, 5) is -0.838. The van der Waals surface area contributed by atoms with Crippen LogP contribution in [0.4, 0.5) is 22.0 Å². The van der Waals surface area contributed by atoms with Crippen LogP contribution in [0.5, 0.6) is 0 Å². The highest BCUT2D eigenvalue weighted by Gasteiger charge is 2.39. The van der Waals surface area contributed by atoms with Crippen molar-refractivity contribution >= 4 is 10.0 Å². The van der Waals surface area contributed by atoms with E-state index >= 15 is 0 Å². The molecule has 1 aliphatic rings. The number of nitrogens with zero attached hydrogens (tertiary/aromatic N) is 3. The van der Waals surface area contributed by atoms with E-state index in [4.69, 9.17) is 0 Å². The molecule has 1 aromatic heterocycles. The first-order valence-corrected chi connectivity index (χ1v) is 9.10. The topological polar surface area (TPSA) is 55.2 Å². The monoisotopic (exact) mass is 395 g/mol. The van der Waals surface area contributed by atoms with E-state index in [2.05, 4.69) is 5.10 Å². The lowest BCUT2D eigenvalue weighted by molar-refractivity contribution is -0.145. The van der Waals surface area contributed by atoms with Gasteiger partial charge in [-0.15, -0.1) is 0 Å². The first-order valence-electron chi connectivity index (χ1n) is 7.66. The highest BCUT2D eigenvalue weighted by Crippen LogP contribution is 2.34. The summed E-state index contributed by atoms with van der Waals surface area (Å²) in [6.45, 7) is -0.319. The van der Waals surface area contributed by atoms with Gasteiger partial charge in [0.2, 0.25) is 10.0 Å². The lowest BCUT2D eigenvalue weighted by atomic mass is 10.1. The van der Waals surface area contributed by atoms with Gasteiger partial charge >= 0.3 is 6.18 Å². The Kier molecular flexibility index (Phi) is 4.78. The number of alkyl halides is 3. The first-order chi connectivity index (χ1) is 12.1. The van der Waals surface area contributed by atoms with Gasteiger partial charge in [0.15, 0.2) is 0 Å². The van der Waals surface area contributed by atoms with Gasteiger partial charge < -0.3 is 0 Å². The van der Waals surface area contributed by atoms with Crippen molar-refractivity contribution in [2.45, 2.75) is 30.0 Å². The molecule has 5 nitrogen and oxygen atoms in total. The van der Waals surface area contributed by atoms with Crippen molar-refractivity contribution in [3.8, 4) is 0 Å². The Labute approximate surface area is 146 Å². The summed E-state index contributed by atoms with van der Waals surface area (Å²) in [6.07, 6.45) is -3.10. The molecule has 3 rings (SSSR count). The van der Waals surface area contributed by atoms with Gasteiger partial charge in [0.1, 0.15) is 22.2 Å². The molecule has 2 heterocycles. The van der Waals surface area contributed by atoms with Crippen molar-refractivity contribution in [2.24, 2.45) is 0 Å². The predicted octanol–water partition coefficient (Wildman–Crippen LogP) is 3.21. The molecule has 0 N–H and O–H groups in total. The van der Waals surface area contributed by atoms with Crippen LogP contribution < -0.4 is 0 Å². The van der Waals surface area contributed by atoms with E-state index in [1.807, 2.05) is 0 Å². The third kappa shape index (κ3) is 3.45. The third-order valence-electron chi connectivity index (χ3n) is 4.18. The van der Waals surface area contributed by atoms with Crippen LogP contribution in [0.1, 0.15) is 24.6 Å². The number of piperidine rings is 1. The average molecular weight is 395 g/mol. The van der Waals surface area contributed by atoms with E-state index in [0.29, 0.717) is 12.1 Å². The van der Waals surface area contributed by atoms with Crippen LogP contribution in [-0.2, 0) is 16.2 Å². The number of hydrogen-bond donors (Lipinski definition) is 0. The Morgan fingerprint density at radius 3 is 2.58 bits per heavy atom. The van der Waals surface area contributed by atoms with Crippen LogP contribution in [0.2, 0.25) is 0 Å². The lowest BCUT2D eigenvalue weighted by Gasteiger charge is -2.33. The molecule has 2 aromatic rings. The molecule has 1 atom stereocenters. The van der Waals surface area contributed by atoms with Gasteiger partial charge in [0.05, 0.1) is 6.04 Å². The van der Waals surface area contributed by atoms with Crippen LogP contribution in [0, 0.1) is 11.6 Å². The maximum Gasteiger partial charge on any atom is 0.433 e. The summed E-state index contributed by atoms with van der Waals surface area (Å²) < 4.78 is 93.2. The smallest absolute Gasteiger partial charge is 0.256 e. The van der Waals surface area contributed by atoms with Gasteiger partial charge in [-0.05, 0) is 37.1 Å². The lowest BCUT2D eigenvalue weighted by Crippen LogP contribution is -2.41. The fourth-order valence-electron chi connectivity index (χ4n) is 2.98. The molecule has 142 valence electrons. The van der Waals surface area contributed by atoms with Crippen molar-refractivity contribution in [3.63, 3.8) is 0 Å². The van der Waals surface area contributed by atoms with E-state index in [1.165, 1.54) is 0 Å². The molecule has 26 heavy (non-hydrogen) atoms. The maximum absolute atomic E-state index is 13.9. The quantitative estimate of drug-likeness (QED) is 0.750. The van der Waals surface area contributed by atoms with Gasteiger partial charge in [0, 0.05) is 19.3 Å². The second-order valence-electron chi connectivity index (χ2n) is 5.89. The minimum atomic E-state index is -4.63. The minimum absolute atomic E-state index is 0.00257. The molecule has 0 bridgehead atoms. The largest absolute Gasteiger partial charge is 0.433 e. The van der Waals surface area contributed by atoms with Gasteiger partial charge in [-0.25, -0.2) is 17.2 Å². The maximum atomic E-state index is 13.9. The van der Waals surface area contributed by atoms with Crippen LogP contribution in [-0.4, -0.2) is 35.6 Å².